The van der Waals surface area contributed by atoms with Crippen molar-refractivity contribution in [3.8, 4) is 0 Å². The molecule has 2 rings (SSSR count). The molecule has 0 unspecified atom stereocenters. The number of nitrogens with zero attached hydrogens (tertiary/aromatic N) is 1. The van der Waals surface area contributed by atoms with E-state index in [2.05, 4.69) is 57.2 Å². The van der Waals surface area contributed by atoms with Crippen LogP contribution in [-0.2, 0) is 6.42 Å². The minimum absolute atomic E-state index is 0.789. The molecule has 0 aromatic heterocycles. The van der Waals surface area contributed by atoms with E-state index in [9.17, 15) is 0 Å². The maximum absolute atomic E-state index is 2.40. The molecule has 0 spiro atoms. The Labute approximate surface area is 87.3 Å². The Hall–Kier alpha value is -0.250. The molecule has 0 aliphatic carbocycles. The lowest BCUT2D eigenvalue weighted by Crippen LogP contribution is -2.25. The molecule has 0 radical (unpaired) electrons. The molecule has 1 atom stereocenters. The van der Waals surface area contributed by atoms with Crippen molar-refractivity contribution in [3.63, 3.8) is 0 Å². The molecule has 0 saturated heterocycles. The molecule has 64 valence electrons. The average molecular weight is 273 g/mol. The minimum atomic E-state index is 0.789. The molecule has 1 aliphatic heterocycles. The molecule has 12 heavy (non-hydrogen) atoms. The largest absolute Gasteiger partial charge is 0.314 e. The third-order valence-corrected chi connectivity index (χ3v) is 3.21. The van der Waals surface area contributed by atoms with Crippen LogP contribution in [0.15, 0.2) is 24.3 Å². The summed E-state index contributed by atoms with van der Waals surface area (Å²) in [6.07, 6.45) is 1.23. The first-order chi connectivity index (χ1) is 5.77. The Morgan fingerprint density at radius 1 is 1.42 bits per heavy atom. The second-order valence-electron chi connectivity index (χ2n) is 3.48. The first kappa shape index (κ1) is 8.35. The first-order valence-electron chi connectivity index (χ1n) is 4.28. The molecule has 1 aromatic rings. The van der Waals surface area contributed by atoms with E-state index in [4.69, 9.17) is 0 Å². The van der Waals surface area contributed by atoms with Crippen LogP contribution >= 0.6 is 22.9 Å². The molecule has 2 heteroatoms. The summed E-state index contributed by atoms with van der Waals surface area (Å²) in [6, 6.07) is 8.67. The van der Waals surface area contributed by atoms with Gasteiger partial charge in [-0.3, -0.25) is 0 Å². The zero-order valence-electron chi connectivity index (χ0n) is 7.13. The van der Waals surface area contributed by atoms with Crippen molar-refractivity contribution >= 4 is 28.6 Å². The lowest BCUT2D eigenvalue weighted by molar-refractivity contribution is 0.581. The molecule has 1 aromatic carbocycles. The van der Waals surface area contributed by atoms with Crippen molar-refractivity contribution < 1.29 is 0 Å². The van der Waals surface area contributed by atoms with E-state index in [1.807, 2.05) is 0 Å². The van der Waals surface area contributed by atoms with Gasteiger partial charge in [-0.25, -0.2) is 0 Å². The minimum Gasteiger partial charge on any atom is -0.314 e. The SMILES string of the molecule is C[C@H]1Cc2ccccc2N(I)C1. The normalized spacial score (nSPS) is 22.2. The van der Waals surface area contributed by atoms with Gasteiger partial charge in [0.2, 0.25) is 0 Å². The molecule has 1 nitrogen and oxygen atoms in total. The number of anilines is 1. The van der Waals surface area contributed by atoms with E-state index in [0.717, 1.165) is 5.92 Å². The Morgan fingerprint density at radius 3 is 3.00 bits per heavy atom. The van der Waals surface area contributed by atoms with Crippen molar-refractivity contribution in [3.05, 3.63) is 29.8 Å². The van der Waals surface area contributed by atoms with Gasteiger partial charge in [-0.05, 0) is 24.0 Å². The van der Waals surface area contributed by atoms with E-state index in [1.54, 1.807) is 0 Å². The quantitative estimate of drug-likeness (QED) is 0.518. The number of rotatable bonds is 0. The van der Waals surface area contributed by atoms with Crippen LogP contribution in [0, 0.1) is 5.92 Å². The number of hydrogen-bond acceptors (Lipinski definition) is 1. The van der Waals surface area contributed by atoms with Gasteiger partial charge in [-0.15, -0.1) is 0 Å². The number of fused-ring (bicyclic) bond motifs is 1. The van der Waals surface area contributed by atoms with Crippen molar-refractivity contribution in [1.29, 1.82) is 0 Å². The highest BCUT2D eigenvalue weighted by atomic mass is 127. The molecule has 1 aliphatic rings. The van der Waals surface area contributed by atoms with Gasteiger partial charge in [-0.1, -0.05) is 25.1 Å². The second kappa shape index (κ2) is 3.24. The van der Waals surface area contributed by atoms with Crippen LogP contribution in [0.25, 0.3) is 0 Å². The lowest BCUT2D eigenvalue weighted by Gasteiger charge is -2.29. The summed E-state index contributed by atoms with van der Waals surface area (Å²) in [5.41, 5.74) is 2.89. The van der Waals surface area contributed by atoms with Gasteiger partial charge in [0.15, 0.2) is 0 Å². The topological polar surface area (TPSA) is 3.24 Å². The van der Waals surface area contributed by atoms with Gasteiger partial charge in [0.25, 0.3) is 0 Å². The van der Waals surface area contributed by atoms with E-state index < -0.39 is 0 Å². The van der Waals surface area contributed by atoms with Gasteiger partial charge in [0, 0.05) is 12.2 Å². The van der Waals surface area contributed by atoms with Crippen LogP contribution in [0.5, 0.6) is 0 Å². The second-order valence-corrected chi connectivity index (χ2v) is 4.65. The third-order valence-electron chi connectivity index (χ3n) is 2.29. The van der Waals surface area contributed by atoms with Crippen molar-refractivity contribution in [2.45, 2.75) is 13.3 Å². The molecule has 0 N–H and O–H groups in total. The summed E-state index contributed by atoms with van der Waals surface area (Å²) in [5, 5.41) is 0. The smallest absolute Gasteiger partial charge is 0.0591 e. The summed E-state index contributed by atoms with van der Waals surface area (Å²) >= 11 is 2.40. The molecular formula is C10H12IN. The Kier molecular flexibility index (Phi) is 2.26. The zero-order valence-corrected chi connectivity index (χ0v) is 9.28. The van der Waals surface area contributed by atoms with Crippen LogP contribution in [0.1, 0.15) is 12.5 Å². The lowest BCUT2D eigenvalue weighted by atomic mass is 9.96. The monoisotopic (exact) mass is 273 g/mol. The molecule has 0 fully saturated rings. The molecule has 1 heterocycles. The van der Waals surface area contributed by atoms with Crippen LogP contribution < -0.4 is 3.11 Å². The number of benzene rings is 1. The predicted molar refractivity (Wildman–Crippen MR) is 60.7 cm³/mol. The first-order valence-corrected chi connectivity index (χ1v) is 5.25. The van der Waals surface area contributed by atoms with Gasteiger partial charge >= 0.3 is 0 Å². The Balaban J connectivity index is 2.40. The van der Waals surface area contributed by atoms with Crippen LogP contribution in [-0.4, -0.2) is 6.54 Å². The van der Waals surface area contributed by atoms with Crippen LogP contribution in [0.4, 0.5) is 5.69 Å². The Bertz CT molecular complexity index is 285. The van der Waals surface area contributed by atoms with Crippen LogP contribution in [0.2, 0.25) is 0 Å². The molecule has 0 bridgehead atoms. The van der Waals surface area contributed by atoms with E-state index in [0.29, 0.717) is 0 Å². The maximum atomic E-state index is 2.40. The highest BCUT2D eigenvalue weighted by molar-refractivity contribution is 14.1. The summed E-state index contributed by atoms with van der Waals surface area (Å²) in [4.78, 5) is 0. The molecule has 0 saturated carbocycles. The zero-order chi connectivity index (χ0) is 8.55. The van der Waals surface area contributed by atoms with Crippen molar-refractivity contribution in [2.75, 3.05) is 9.66 Å². The third kappa shape index (κ3) is 1.44. The van der Waals surface area contributed by atoms with Crippen molar-refractivity contribution in [2.24, 2.45) is 5.92 Å². The predicted octanol–water partition coefficient (Wildman–Crippen LogP) is 3.04. The summed E-state index contributed by atoms with van der Waals surface area (Å²) < 4.78 is 2.32. The van der Waals surface area contributed by atoms with E-state index >= 15 is 0 Å². The molecular weight excluding hydrogens is 261 g/mol. The van der Waals surface area contributed by atoms with E-state index in [-0.39, 0.29) is 0 Å². The number of halogens is 1. The fraction of sp³-hybridized carbons (Fsp3) is 0.400. The summed E-state index contributed by atoms with van der Waals surface area (Å²) in [7, 11) is 0. The van der Waals surface area contributed by atoms with Gasteiger partial charge in [0.1, 0.15) is 0 Å². The standard InChI is InChI=1S/C10H12IN/c1-8-6-9-4-2-3-5-10(9)12(11)7-8/h2-5,8H,6-7H2,1H3/t8-/m0/s1. The summed E-state index contributed by atoms with van der Waals surface area (Å²) in [5.74, 6) is 0.789. The average Bonchev–Trinajstić information content (AvgIpc) is 2.04. The van der Waals surface area contributed by atoms with Crippen LogP contribution in [0.3, 0.4) is 0 Å². The fourth-order valence-corrected chi connectivity index (χ4v) is 2.88. The fourth-order valence-electron chi connectivity index (χ4n) is 1.73. The highest BCUT2D eigenvalue weighted by Crippen LogP contribution is 2.31. The summed E-state index contributed by atoms with van der Waals surface area (Å²) in [6.45, 7) is 3.49. The molecule has 0 amide bonds. The van der Waals surface area contributed by atoms with Gasteiger partial charge in [-0.2, -0.15) is 0 Å². The Morgan fingerprint density at radius 2 is 2.17 bits per heavy atom. The van der Waals surface area contributed by atoms with Gasteiger partial charge in [0.05, 0.1) is 22.9 Å². The van der Waals surface area contributed by atoms with Crippen molar-refractivity contribution in [1.82, 2.24) is 0 Å². The number of hydrogen-bond donors (Lipinski definition) is 0. The van der Waals surface area contributed by atoms with Gasteiger partial charge < -0.3 is 3.11 Å². The number of para-hydroxylation sites is 1. The maximum Gasteiger partial charge on any atom is 0.0591 e. The highest BCUT2D eigenvalue weighted by Gasteiger charge is 2.18. The van der Waals surface area contributed by atoms with E-state index in [1.165, 1.54) is 24.2 Å².